The summed E-state index contributed by atoms with van der Waals surface area (Å²) in [6, 6.07) is 24.6. The molecular formula is C27H27ClN2O4. The molecule has 0 saturated heterocycles. The van der Waals surface area contributed by atoms with Gasteiger partial charge in [-0.1, -0.05) is 54.1 Å². The number of carbonyl (C=O) groups is 1. The van der Waals surface area contributed by atoms with E-state index in [9.17, 15) is 4.79 Å². The van der Waals surface area contributed by atoms with Crippen LogP contribution in [0.4, 0.5) is 0 Å². The average molecular weight is 479 g/mol. The molecule has 1 heterocycles. The van der Waals surface area contributed by atoms with E-state index in [2.05, 4.69) is 5.32 Å². The van der Waals surface area contributed by atoms with E-state index in [-0.39, 0.29) is 19.1 Å². The van der Waals surface area contributed by atoms with Gasteiger partial charge in [-0.3, -0.25) is 4.79 Å². The minimum Gasteiger partial charge on any atom is -0.494 e. The van der Waals surface area contributed by atoms with Crippen molar-refractivity contribution in [1.29, 1.82) is 0 Å². The highest BCUT2D eigenvalue weighted by Gasteiger charge is 2.44. The Morgan fingerprint density at radius 3 is 2.47 bits per heavy atom. The van der Waals surface area contributed by atoms with E-state index in [1.165, 1.54) is 0 Å². The molecule has 0 saturated carbocycles. The second-order valence-corrected chi connectivity index (χ2v) is 8.60. The van der Waals surface area contributed by atoms with E-state index in [1.54, 1.807) is 12.1 Å². The van der Waals surface area contributed by atoms with Crippen LogP contribution < -0.4 is 10.1 Å². The molecule has 6 nitrogen and oxygen atoms in total. The molecule has 176 valence electrons. The summed E-state index contributed by atoms with van der Waals surface area (Å²) >= 11 is 5.97. The number of halogens is 1. The highest BCUT2D eigenvalue weighted by Crippen LogP contribution is 2.28. The lowest BCUT2D eigenvalue weighted by Crippen LogP contribution is -2.48. The van der Waals surface area contributed by atoms with Crippen molar-refractivity contribution in [2.75, 3.05) is 19.8 Å². The maximum absolute atomic E-state index is 13.4. The molecule has 3 aromatic rings. The van der Waals surface area contributed by atoms with Crippen LogP contribution in [0.25, 0.3) is 0 Å². The molecule has 34 heavy (non-hydrogen) atoms. The topological polar surface area (TPSA) is 80.2 Å². The van der Waals surface area contributed by atoms with E-state index in [0.717, 1.165) is 16.7 Å². The number of aliphatic hydroxyl groups excluding tert-OH is 1. The lowest BCUT2D eigenvalue weighted by molar-refractivity contribution is -0.126. The van der Waals surface area contributed by atoms with E-state index in [1.807, 2.05) is 66.7 Å². The maximum atomic E-state index is 13.4. The molecule has 1 amide bonds. The SMILES string of the molecule is O=C(NCc1ccc(Cl)cc1)[C@@]1(Cc2ccccc2)COC(c2ccc(OCCCO)cc2)=N1. The second kappa shape index (κ2) is 11.2. The van der Waals surface area contributed by atoms with Crippen molar-refractivity contribution < 1.29 is 19.4 Å². The van der Waals surface area contributed by atoms with Crippen LogP contribution in [0.1, 0.15) is 23.1 Å². The number of nitrogens with one attached hydrogen (secondary N) is 1. The lowest BCUT2D eigenvalue weighted by atomic mass is 9.91. The standard InChI is InChI=1S/C27H27ClN2O4/c28-23-11-7-21(8-12-23)18-29-26(32)27(17-20-5-2-1-3-6-20)19-34-25(30-27)22-9-13-24(14-10-22)33-16-4-15-31/h1-3,5-14,31H,4,15-19H2,(H,29,32)/t27-/m1/s1. The van der Waals surface area contributed by atoms with Gasteiger partial charge in [-0.2, -0.15) is 0 Å². The van der Waals surface area contributed by atoms with Crippen LogP contribution in [0.3, 0.4) is 0 Å². The van der Waals surface area contributed by atoms with Gasteiger partial charge >= 0.3 is 0 Å². The molecular weight excluding hydrogens is 452 g/mol. The first-order chi connectivity index (χ1) is 16.6. The number of hydrogen-bond donors (Lipinski definition) is 2. The first-order valence-electron chi connectivity index (χ1n) is 11.2. The number of benzene rings is 3. The molecule has 0 aliphatic carbocycles. The number of rotatable bonds is 10. The Morgan fingerprint density at radius 2 is 1.76 bits per heavy atom. The number of hydrogen-bond acceptors (Lipinski definition) is 5. The van der Waals surface area contributed by atoms with Gasteiger partial charge in [-0.25, -0.2) is 4.99 Å². The minimum absolute atomic E-state index is 0.0896. The predicted octanol–water partition coefficient (Wildman–Crippen LogP) is 4.18. The van der Waals surface area contributed by atoms with Crippen molar-refractivity contribution >= 4 is 23.4 Å². The minimum atomic E-state index is -1.07. The summed E-state index contributed by atoms with van der Waals surface area (Å²) < 4.78 is 11.5. The van der Waals surface area contributed by atoms with Crippen LogP contribution in [0.5, 0.6) is 5.75 Å². The zero-order valence-corrected chi connectivity index (χ0v) is 19.5. The Bertz CT molecular complexity index is 1120. The third-order valence-corrected chi connectivity index (χ3v) is 5.82. The Morgan fingerprint density at radius 1 is 1.03 bits per heavy atom. The van der Waals surface area contributed by atoms with Crippen molar-refractivity contribution in [3.63, 3.8) is 0 Å². The lowest BCUT2D eigenvalue weighted by Gasteiger charge is -2.23. The van der Waals surface area contributed by atoms with Crippen LogP contribution in [0.15, 0.2) is 83.9 Å². The molecule has 1 aliphatic rings. The fourth-order valence-electron chi connectivity index (χ4n) is 3.71. The van der Waals surface area contributed by atoms with Gasteiger partial charge in [0.15, 0.2) is 5.54 Å². The molecule has 0 bridgehead atoms. The molecule has 2 N–H and O–H groups in total. The first kappa shape index (κ1) is 23.8. The molecule has 1 aliphatic heterocycles. The number of nitrogens with zero attached hydrogens (tertiary/aromatic N) is 1. The summed E-state index contributed by atoms with van der Waals surface area (Å²) in [7, 11) is 0. The van der Waals surface area contributed by atoms with Gasteiger partial charge in [0.2, 0.25) is 5.90 Å². The monoisotopic (exact) mass is 478 g/mol. The third-order valence-electron chi connectivity index (χ3n) is 5.56. The molecule has 3 aromatic carbocycles. The largest absolute Gasteiger partial charge is 0.494 e. The highest BCUT2D eigenvalue weighted by molar-refractivity contribution is 6.30. The summed E-state index contributed by atoms with van der Waals surface area (Å²) in [5.74, 6) is 0.941. The highest BCUT2D eigenvalue weighted by atomic mass is 35.5. The van der Waals surface area contributed by atoms with Gasteiger partial charge in [0.05, 0.1) is 6.61 Å². The van der Waals surface area contributed by atoms with Gasteiger partial charge in [-0.15, -0.1) is 0 Å². The van der Waals surface area contributed by atoms with Gasteiger partial charge in [0.25, 0.3) is 5.91 Å². The van der Waals surface area contributed by atoms with Crippen LogP contribution in [0.2, 0.25) is 5.02 Å². The quantitative estimate of drug-likeness (QED) is 0.428. The fraction of sp³-hybridized carbons (Fsp3) is 0.259. The van der Waals surface area contributed by atoms with Crippen molar-refractivity contribution in [3.8, 4) is 5.75 Å². The maximum Gasteiger partial charge on any atom is 0.252 e. The van der Waals surface area contributed by atoms with Crippen molar-refractivity contribution in [2.24, 2.45) is 4.99 Å². The van der Waals surface area contributed by atoms with Crippen LogP contribution in [-0.4, -0.2) is 42.3 Å². The van der Waals surface area contributed by atoms with Crippen LogP contribution >= 0.6 is 11.6 Å². The third kappa shape index (κ3) is 5.95. The van der Waals surface area contributed by atoms with E-state index >= 15 is 0 Å². The molecule has 4 rings (SSSR count). The van der Waals surface area contributed by atoms with Crippen molar-refractivity contribution in [1.82, 2.24) is 5.32 Å². The van der Waals surface area contributed by atoms with Crippen LogP contribution in [-0.2, 0) is 22.5 Å². The summed E-state index contributed by atoms with van der Waals surface area (Å²) in [4.78, 5) is 18.2. The van der Waals surface area contributed by atoms with E-state index in [4.69, 9.17) is 31.2 Å². The molecule has 0 spiro atoms. The van der Waals surface area contributed by atoms with Crippen LogP contribution in [0, 0.1) is 0 Å². The average Bonchev–Trinajstić information content (AvgIpc) is 3.30. The number of carbonyl (C=O) groups excluding carboxylic acids is 1. The summed E-state index contributed by atoms with van der Waals surface area (Å²) in [6.45, 7) is 1.06. The molecule has 0 aromatic heterocycles. The van der Waals surface area contributed by atoms with Gasteiger partial charge in [-0.05, 0) is 47.5 Å². The van der Waals surface area contributed by atoms with Gasteiger partial charge in [0, 0.05) is 36.6 Å². The number of aliphatic imine (C=N–C) groups is 1. The Balaban J connectivity index is 1.53. The smallest absolute Gasteiger partial charge is 0.252 e. The zero-order chi connectivity index (χ0) is 23.8. The number of aliphatic hydroxyl groups is 1. The van der Waals surface area contributed by atoms with Gasteiger partial charge in [0.1, 0.15) is 12.4 Å². The van der Waals surface area contributed by atoms with Gasteiger partial charge < -0.3 is 19.9 Å². The molecule has 0 fully saturated rings. The normalized spacial score (nSPS) is 17.1. The molecule has 0 radical (unpaired) electrons. The molecule has 1 atom stereocenters. The molecule has 0 unspecified atom stereocenters. The predicted molar refractivity (Wildman–Crippen MR) is 132 cm³/mol. The summed E-state index contributed by atoms with van der Waals surface area (Å²) in [5.41, 5.74) is 1.66. The Hall–Kier alpha value is -3.35. The summed E-state index contributed by atoms with van der Waals surface area (Å²) in [5, 5.41) is 12.6. The second-order valence-electron chi connectivity index (χ2n) is 8.16. The first-order valence-corrected chi connectivity index (χ1v) is 11.6. The fourth-order valence-corrected chi connectivity index (χ4v) is 3.84. The van der Waals surface area contributed by atoms with E-state index in [0.29, 0.717) is 42.7 Å². The number of ether oxygens (including phenoxy) is 2. The zero-order valence-electron chi connectivity index (χ0n) is 18.7. The summed E-state index contributed by atoms with van der Waals surface area (Å²) in [6.07, 6.45) is 0.997. The Labute approximate surface area is 204 Å². The number of amides is 1. The molecule has 7 heteroatoms. The van der Waals surface area contributed by atoms with Crippen molar-refractivity contribution in [2.45, 2.75) is 24.9 Å². The Kier molecular flexibility index (Phi) is 7.83. The van der Waals surface area contributed by atoms with E-state index < -0.39 is 5.54 Å². The van der Waals surface area contributed by atoms with Crippen molar-refractivity contribution in [3.05, 3.63) is 101 Å².